The summed E-state index contributed by atoms with van der Waals surface area (Å²) in [6, 6.07) is 7.94. The molecule has 0 saturated heterocycles. The van der Waals surface area contributed by atoms with Gasteiger partial charge in [0.15, 0.2) is 0 Å². The summed E-state index contributed by atoms with van der Waals surface area (Å²) in [5, 5.41) is 0. The lowest BCUT2D eigenvalue weighted by Crippen LogP contribution is -2.17. The summed E-state index contributed by atoms with van der Waals surface area (Å²) in [7, 11) is 1.67. The Balaban J connectivity index is 2.18. The van der Waals surface area contributed by atoms with Crippen LogP contribution in [0, 0.1) is 0 Å². The number of ether oxygens (including phenoxy) is 2. The third-order valence-electron chi connectivity index (χ3n) is 2.54. The molecule has 0 saturated carbocycles. The molecule has 80 valence electrons. The molecule has 1 aliphatic rings. The van der Waals surface area contributed by atoms with Gasteiger partial charge >= 0.3 is 0 Å². The lowest BCUT2D eigenvalue weighted by molar-refractivity contribution is 0.100. The average Bonchev–Trinajstić information content (AvgIpc) is 2.59. The van der Waals surface area contributed by atoms with Crippen LogP contribution in [0.4, 0.5) is 0 Å². The van der Waals surface area contributed by atoms with Gasteiger partial charge in [-0.2, -0.15) is 0 Å². The molecule has 1 heterocycles. The second-order valence-corrected chi connectivity index (χ2v) is 4.36. The normalized spacial score (nSPS) is 18.2. The minimum Gasteiger partial charge on any atom is -0.497 e. The molecule has 1 aromatic rings. The summed E-state index contributed by atoms with van der Waals surface area (Å²) in [6.07, 6.45) is 3.11. The van der Waals surface area contributed by atoms with Gasteiger partial charge in [0, 0.05) is 12.0 Å². The molecule has 0 fully saturated rings. The van der Waals surface area contributed by atoms with Gasteiger partial charge in [-0.3, -0.25) is 0 Å². The molecule has 0 amide bonds. The smallest absolute Gasteiger partial charge is 0.123 e. The highest BCUT2D eigenvalue weighted by molar-refractivity contribution is 5.62. The lowest BCUT2D eigenvalue weighted by atomic mass is 10.1. The van der Waals surface area contributed by atoms with Crippen LogP contribution in [-0.4, -0.2) is 12.7 Å². The van der Waals surface area contributed by atoms with Crippen molar-refractivity contribution >= 4 is 5.76 Å². The van der Waals surface area contributed by atoms with Crippen LogP contribution in [0.1, 0.15) is 25.8 Å². The summed E-state index contributed by atoms with van der Waals surface area (Å²) >= 11 is 0. The molecule has 0 bridgehead atoms. The van der Waals surface area contributed by atoms with E-state index in [4.69, 9.17) is 9.47 Å². The minimum atomic E-state index is -0.0603. The number of hydrogen-bond acceptors (Lipinski definition) is 2. The van der Waals surface area contributed by atoms with Gasteiger partial charge in [0.2, 0.25) is 0 Å². The maximum Gasteiger partial charge on any atom is 0.123 e. The summed E-state index contributed by atoms with van der Waals surface area (Å²) < 4.78 is 10.9. The summed E-state index contributed by atoms with van der Waals surface area (Å²) in [5.41, 5.74) is 1.05. The summed E-state index contributed by atoms with van der Waals surface area (Å²) in [4.78, 5) is 0. The van der Waals surface area contributed by atoms with Crippen LogP contribution >= 0.6 is 0 Å². The second-order valence-electron chi connectivity index (χ2n) is 4.36. The molecular formula is C13H16O2. The Labute approximate surface area is 90.5 Å². The molecule has 2 nitrogen and oxygen atoms in total. The summed E-state index contributed by atoms with van der Waals surface area (Å²) in [6.45, 7) is 4.19. The first-order valence-electron chi connectivity index (χ1n) is 5.14. The highest BCUT2D eigenvalue weighted by Crippen LogP contribution is 2.33. The molecule has 0 spiro atoms. The van der Waals surface area contributed by atoms with Crippen molar-refractivity contribution in [2.75, 3.05) is 7.11 Å². The van der Waals surface area contributed by atoms with Crippen molar-refractivity contribution in [2.45, 2.75) is 25.9 Å². The third kappa shape index (κ3) is 2.14. The Kier molecular flexibility index (Phi) is 2.43. The first-order chi connectivity index (χ1) is 7.11. The SMILES string of the molecule is COc1ccc(C2=CCC(C)(C)O2)cc1. The van der Waals surface area contributed by atoms with E-state index >= 15 is 0 Å². The van der Waals surface area contributed by atoms with E-state index in [1.807, 2.05) is 24.3 Å². The molecule has 0 unspecified atom stereocenters. The van der Waals surface area contributed by atoms with Crippen molar-refractivity contribution in [3.8, 4) is 5.75 Å². The van der Waals surface area contributed by atoms with Gasteiger partial charge in [0.25, 0.3) is 0 Å². The molecule has 0 aliphatic carbocycles. The Morgan fingerprint density at radius 3 is 2.33 bits per heavy atom. The fourth-order valence-electron chi connectivity index (χ4n) is 1.65. The molecule has 0 aromatic heterocycles. The Morgan fingerprint density at radius 2 is 1.87 bits per heavy atom. The monoisotopic (exact) mass is 204 g/mol. The van der Waals surface area contributed by atoms with Crippen LogP contribution in [-0.2, 0) is 4.74 Å². The van der Waals surface area contributed by atoms with E-state index in [2.05, 4.69) is 19.9 Å². The molecule has 0 atom stereocenters. The molecule has 0 N–H and O–H groups in total. The first-order valence-corrected chi connectivity index (χ1v) is 5.14. The number of methoxy groups -OCH3 is 1. The van der Waals surface area contributed by atoms with Crippen molar-refractivity contribution < 1.29 is 9.47 Å². The van der Waals surface area contributed by atoms with Crippen molar-refractivity contribution in [1.82, 2.24) is 0 Å². The van der Waals surface area contributed by atoms with Crippen molar-refractivity contribution in [2.24, 2.45) is 0 Å². The van der Waals surface area contributed by atoms with E-state index in [0.717, 1.165) is 23.5 Å². The molecular weight excluding hydrogens is 188 g/mol. The predicted octanol–water partition coefficient (Wildman–Crippen LogP) is 3.24. The van der Waals surface area contributed by atoms with E-state index in [-0.39, 0.29) is 5.60 Å². The average molecular weight is 204 g/mol. The van der Waals surface area contributed by atoms with E-state index in [0.29, 0.717) is 0 Å². The van der Waals surface area contributed by atoms with Crippen molar-refractivity contribution in [1.29, 1.82) is 0 Å². The van der Waals surface area contributed by atoms with Crippen LogP contribution in [0.5, 0.6) is 5.75 Å². The Morgan fingerprint density at radius 1 is 1.20 bits per heavy atom. The zero-order valence-corrected chi connectivity index (χ0v) is 9.41. The largest absolute Gasteiger partial charge is 0.497 e. The van der Waals surface area contributed by atoms with Gasteiger partial charge in [0.1, 0.15) is 17.1 Å². The molecule has 15 heavy (non-hydrogen) atoms. The van der Waals surface area contributed by atoms with Crippen LogP contribution in [0.2, 0.25) is 0 Å². The Hall–Kier alpha value is -1.44. The lowest BCUT2D eigenvalue weighted by Gasteiger charge is -2.19. The topological polar surface area (TPSA) is 18.5 Å². The molecule has 1 aromatic carbocycles. The van der Waals surface area contributed by atoms with E-state index in [9.17, 15) is 0 Å². The molecule has 2 heteroatoms. The van der Waals surface area contributed by atoms with Gasteiger partial charge < -0.3 is 9.47 Å². The fraction of sp³-hybridized carbons (Fsp3) is 0.385. The summed E-state index contributed by atoms with van der Waals surface area (Å²) in [5.74, 6) is 1.85. The van der Waals surface area contributed by atoms with Crippen LogP contribution < -0.4 is 4.74 Å². The zero-order chi connectivity index (χ0) is 10.9. The number of benzene rings is 1. The number of hydrogen-bond donors (Lipinski definition) is 0. The van der Waals surface area contributed by atoms with E-state index in [1.165, 1.54) is 0 Å². The fourth-order valence-corrected chi connectivity index (χ4v) is 1.65. The quantitative estimate of drug-likeness (QED) is 0.736. The standard InChI is InChI=1S/C13H16O2/c1-13(2)9-8-12(15-13)10-4-6-11(14-3)7-5-10/h4-8H,9H2,1-3H3. The molecule has 2 rings (SSSR count). The van der Waals surface area contributed by atoms with Crippen molar-refractivity contribution in [3.05, 3.63) is 35.9 Å². The minimum absolute atomic E-state index is 0.0603. The van der Waals surface area contributed by atoms with Crippen LogP contribution in [0.25, 0.3) is 5.76 Å². The highest BCUT2D eigenvalue weighted by Gasteiger charge is 2.26. The molecule has 1 aliphatic heterocycles. The zero-order valence-electron chi connectivity index (χ0n) is 9.41. The van der Waals surface area contributed by atoms with Crippen molar-refractivity contribution in [3.63, 3.8) is 0 Å². The maximum atomic E-state index is 5.83. The predicted molar refractivity (Wildman–Crippen MR) is 60.8 cm³/mol. The second kappa shape index (κ2) is 3.61. The molecule has 0 radical (unpaired) electrons. The van der Waals surface area contributed by atoms with Gasteiger partial charge in [0.05, 0.1) is 7.11 Å². The Bertz CT molecular complexity index is 374. The van der Waals surface area contributed by atoms with Gasteiger partial charge in [-0.15, -0.1) is 0 Å². The van der Waals surface area contributed by atoms with E-state index < -0.39 is 0 Å². The maximum absolute atomic E-state index is 5.83. The highest BCUT2D eigenvalue weighted by atomic mass is 16.5. The first kappa shape index (κ1) is 10.1. The van der Waals surface area contributed by atoms with E-state index in [1.54, 1.807) is 7.11 Å². The van der Waals surface area contributed by atoms with Crippen LogP contribution in [0.15, 0.2) is 30.3 Å². The van der Waals surface area contributed by atoms with Gasteiger partial charge in [-0.25, -0.2) is 0 Å². The van der Waals surface area contributed by atoms with Gasteiger partial charge in [-0.1, -0.05) is 0 Å². The number of rotatable bonds is 2. The van der Waals surface area contributed by atoms with Gasteiger partial charge in [-0.05, 0) is 44.2 Å². The third-order valence-corrected chi connectivity index (χ3v) is 2.54. The van der Waals surface area contributed by atoms with Crippen LogP contribution in [0.3, 0.4) is 0 Å².